The third-order valence-electron chi connectivity index (χ3n) is 5.82. The van der Waals surface area contributed by atoms with E-state index in [1.165, 1.54) is 0 Å². The number of para-hydroxylation sites is 2. The molecule has 0 amide bonds. The predicted octanol–water partition coefficient (Wildman–Crippen LogP) is 7.96. The van der Waals surface area contributed by atoms with Gasteiger partial charge in [-0.15, -0.1) is 0 Å². The Hall–Kier alpha value is -3.34. The molecule has 1 aliphatic heterocycles. The summed E-state index contributed by atoms with van der Waals surface area (Å²) >= 11 is 12.3. The van der Waals surface area contributed by atoms with Gasteiger partial charge in [-0.2, -0.15) is 0 Å². The van der Waals surface area contributed by atoms with E-state index in [-0.39, 0.29) is 5.41 Å². The van der Waals surface area contributed by atoms with Crippen LogP contribution in [-0.4, -0.2) is 9.55 Å². The van der Waals surface area contributed by atoms with Crippen LogP contribution < -0.4 is 10.7 Å². The first-order chi connectivity index (χ1) is 16.2. The van der Waals surface area contributed by atoms with Gasteiger partial charge in [0.05, 0.1) is 33.5 Å². The molecule has 0 radical (unpaired) electrons. The second kappa shape index (κ2) is 8.46. The lowest BCUT2D eigenvalue weighted by molar-refractivity contribution is 0.590. The molecule has 0 saturated heterocycles. The smallest absolute Gasteiger partial charge is 0.0938 e. The van der Waals surface area contributed by atoms with Crippen LogP contribution in [-0.2, 0) is 5.41 Å². The van der Waals surface area contributed by atoms with Crippen molar-refractivity contribution in [2.24, 2.45) is 0 Å². The molecular formula is C28H24Cl2N4. The molecule has 3 aromatic rings. The second-order valence-electron chi connectivity index (χ2n) is 9.34. The molecule has 2 N–H and O–H groups in total. The average Bonchev–Trinajstić information content (AvgIpc) is 2.79. The molecule has 0 aromatic heterocycles. The Labute approximate surface area is 208 Å². The Bertz CT molecular complexity index is 1530. The van der Waals surface area contributed by atoms with Crippen LogP contribution in [0.15, 0.2) is 78.9 Å². The van der Waals surface area contributed by atoms with Gasteiger partial charge < -0.3 is 9.88 Å². The highest BCUT2D eigenvalue weighted by molar-refractivity contribution is 6.30. The zero-order valence-corrected chi connectivity index (χ0v) is 20.7. The lowest BCUT2D eigenvalue weighted by atomic mass is 9.82. The van der Waals surface area contributed by atoms with Gasteiger partial charge in [0.2, 0.25) is 0 Å². The number of nitrogens with zero attached hydrogens (tertiary/aromatic N) is 2. The number of fused-ring (bicyclic) bond motifs is 2. The third kappa shape index (κ3) is 4.04. The van der Waals surface area contributed by atoms with Crippen LogP contribution in [0.3, 0.4) is 0 Å². The molecule has 4 nitrogen and oxygen atoms in total. The van der Waals surface area contributed by atoms with Crippen molar-refractivity contribution < 1.29 is 0 Å². The first kappa shape index (κ1) is 22.5. The maximum absolute atomic E-state index is 9.02. The number of nitrogens with one attached hydrogen (secondary N) is 2. The molecule has 3 aromatic carbocycles. The van der Waals surface area contributed by atoms with E-state index in [0.717, 1.165) is 45.0 Å². The lowest BCUT2D eigenvalue weighted by Crippen LogP contribution is -2.24. The van der Waals surface area contributed by atoms with Gasteiger partial charge in [0, 0.05) is 27.0 Å². The molecule has 0 atom stereocenters. The van der Waals surface area contributed by atoms with Crippen LogP contribution in [0, 0.1) is 5.41 Å². The summed E-state index contributed by atoms with van der Waals surface area (Å²) in [7, 11) is 0. The fraction of sp³-hybridized carbons (Fsp3) is 0.143. The van der Waals surface area contributed by atoms with Crippen LogP contribution in [0.5, 0.6) is 0 Å². The zero-order valence-electron chi connectivity index (χ0n) is 19.2. The SMILES string of the molecule is CC(C)(C)c1c2nc3ccccc3n(-c3ccc(Cl)cc3)c-2cc(=N)c1Nc1ccc(Cl)cc1. The van der Waals surface area contributed by atoms with Gasteiger partial charge in [-0.3, -0.25) is 5.41 Å². The van der Waals surface area contributed by atoms with Crippen molar-refractivity contribution in [3.8, 4) is 17.1 Å². The first-order valence-electron chi connectivity index (χ1n) is 11.0. The van der Waals surface area contributed by atoms with Crippen molar-refractivity contribution in [2.45, 2.75) is 26.2 Å². The van der Waals surface area contributed by atoms with Gasteiger partial charge in [-0.05, 0) is 72.1 Å². The average molecular weight is 487 g/mol. The molecule has 34 heavy (non-hydrogen) atoms. The standard InChI is InChI=1S/C28H24Cl2N4/c1-28(2,3)25-26(32-19-12-8-17(29)9-13-19)21(31)16-24-27(25)33-22-6-4-5-7-23(22)34(24)20-14-10-18(30)11-15-20/h4-16,31-32H,1-3H3. The largest absolute Gasteiger partial charge is 0.353 e. The number of hydrogen-bond acceptors (Lipinski definition) is 3. The molecule has 5 rings (SSSR count). The molecule has 0 unspecified atom stereocenters. The number of halogens is 2. The van der Waals surface area contributed by atoms with E-state index in [1.807, 2.05) is 72.8 Å². The van der Waals surface area contributed by atoms with Gasteiger partial charge in [-0.1, -0.05) is 56.1 Å². The van der Waals surface area contributed by atoms with E-state index < -0.39 is 0 Å². The number of benzene rings is 4. The van der Waals surface area contributed by atoms with Crippen LogP contribution in [0.1, 0.15) is 26.3 Å². The van der Waals surface area contributed by atoms with Gasteiger partial charge in [0.1, 0.15) is 0 Å². The second-order valence-corrected chi connectivity index (χ2v) is 10.2. The number of aromatic nitrogens is 2. The Morgan fingerprint density at radius 1 is 0.853 bits per heavy atom. The number of anilines is 2. The Balaban J connectivity index is 1.87. The van der Waals surface area contributed by atoms with Gasteiger partial charge in [0.25, 0.3) is 0 Å². The molecule has 2 aliphatic rings. The molecular weight excluding hydrogens is 463 g/mol. The summed E-state index contributed by atoms with van der Waals surface area (Å²) in [6, 6.07) is 25.2. The Morgan fingerprint density at radius 2 is 1.47 bits per heavy atom. The fourth-order valence-electron chi connectivity index (χ4n) is 4.35. The molecule has 0 fully saturated rings. The Morgan fingerprint density at radius 3 is 2.12 bits per heavy atom. The minimum atomic E-state index is -0.280. The number of hydrogen-bond donors (Lipinski definition) is 2. The lowest BCUT2D eigenvalue weighted by Gasteiger charge is -2.29. The van der Waals surface area contributed by atoms with E-state index in [4.69, 9.17) is 33.6 Å². The molecule has 6 heteroatoms. The molecule has 170 valence electrons. The van der Waals surface area contributed by atoms with E-state index >= 15 is 0 Å². The van der Waals surface area contributed by atoms with E-state index in [0.29, 0.717) is 15.4 Å². The Kier molecular flexibility index (Phi) is 5.59. The van der Waals surface area contributed by atoms with Crippen molar-refractivity contribution in [3.63, 3.8) is 0 Å². The number of rotatable bonds is 3. The van der Waals surface area contributed by atoms with Crippen molar-refractivity contribution in [2.75, 3.05) is 5.32 Å². The van der Waals surface area contributed by atoms with Gasteiger partial charge in [0.15, 0.2) is 0 Å². The van der Waals surface area contributed by atoms with Crippen LogP contribution >= 0.6 is 23.2 Å². The van der Waals surface area contributed by atoms with Crippen LogP contribution in [0.2, 0.25) is 10.0 Å². The van der Waals surface area contributed by atoms with E-state index in [9.17, 15) is 0 Å². The molecule has 0 saturated carbocycles. The van der Waals surface area contributed by atoms with Crippen LogP contribution in [0.4, 0.5) is 11.4 Å². The summed E-state index contributed by atoms with van der Waals surface area (Å²) < 4.78 is 2.16. The maximum Gasteiger partial charge on any atom is 0.0938 e. The summed E-state index contributed by atoms with van der Waals surface area (Å²) in [5, 5.41) is 14.2. The molecule has 0 spiro atoms. The predicted molar refractivity (Wildman–Crippen MR) is 142 cm³/mol. The highest BCUT2D eigenvalue weighted by Gasteiger charge is 2.29. The van der Waals surface area contributed by atoms with Crippen molar-refractivity contribution in [1.82, 2.24) is 9.55 Å². The van der Waals surface area contributed by atoms with Crippen molar-refractivity contribution >= 4 is 45.6 Å². The highest BCUT2D eigenvalue weighted by atomic mass is 35.5. The highest BCUT2D eigenvalue weighted by Crippen LogP contribution is 2.40. The quantitative estimate of drug-likeness (QED) is 0.254. The minimum Gasteiger partial charge on any atom is -0.353 e. The fourth-order valence-corrected chi connectivity index (χ4v) is 4.60. The summed E-state index contributed by atoms with van der Waals surface area (Å²) in [4.78, 5) is 5.11. The monoisotopic (exact) mass is 486 g/mol. The normalized spacial score (nSPS) is 11.8. The van der Waals surface area contributed by atoms with Crippen molar-refractivity contribution in [3.05, 3.63) is 99.8 Å². The first-order valence-corrected chi connectivity index (χ1v) is 11.8. The molecule has 1 heterocycles. The van der Waals surface area contributed by atoms with E-state index in [1.54, 1.807) is 0 Å². The maximum atomic E-state index is 9.02. The molecule has 0 bridgehead atoms. The third-order valence-corrected chi connectivity index (χ3v) is 6.33. The summed E-state index contributed by atoms with van der Waals surface area (Å²) in [5.74, 6) is 0. The van der Waals surface area contributed by atoms with Gasteiger partial charge >= 0.3 is 0 Å². The topological polar surface area (TPSA) is 53.7 Å². The zero-order chi connectivity index (χ0) is 24.0. The summed E-state index contributed by atoms with van der Waals surface area (Å²) in [6.07, 6.45) is 0. The van der Waals surface area contributed by atoms with E-state index in [2.05, 4.69) is 36.7 Å². The summed E-state index contributed by atoms with van der Waals surface area (Å²) in [5.41, 5.74) is 6.86. The van der Waals surface area contributed by atoms with Crippen LogP contribution in [0.25, 0.3) is 28.1 Å². The molecule has 1 aliphatic carbocycles. The van der Waals surface area contributed by atoms with Gasteiger partial charge in [-0.25, -0.2) is 4.98 Å². The summed E-state index contributed by atoms with van der Waals surface area (Å²) in [6.45, 7) is 6.45. The minimum absolute atomic E-state index is 0.280. The van der Waals surface area contributed by atoms with Crippen molar-refractivity contribution in [1.29, 1.82) is 5.41 Å².